The molecule has 46 heavy (non-hydrogen) atoms. The fraction of sp³-hybridized carbons (Fsp3) is 0.257. The first kappa shape index (κ1) is 33.3. The third-order valence-corrected chi connectivity index (χ3v) is 10.3. The second-order valence-electron chi connectivity index (χ2n) is 11.2. The second-order valence-corrected chi connectivity index (χ2v) is 13.9. The van der Waals surface area contributed by atoms with Gasteiger partial charge in [0.25, 0.3) is 10.0 Å². The molecular weight excluding hydrogens is 645 g/mol. The Labute approximate surface area is 279 Å². The Kier molecular flexibility index (Phi) is 10.9. The Morgan fingerprint density at radius 1 is 0.870 bits per heavy atom. The second kappa shape index (κ2) is 15.0. The van der Waals surface area contributed by atoms with Gasteiger partial charge < -0.3 is 15.0 Å². The summed E-state index contributed by atoms with van der Waals surface area (Å²) < 4.78 is 35.1. The summed E-state index contributed by atoms with van der Waals surface area (Å²) in [7, 11) is -4.20. The fourth-order valence-electron chi connectivity index (χ4n) is 5.36. The minimum absolute atomic E-state index is 0.0201. The van der Waals surface area contributed by atoms with Gasteiger partial charge in [-0.1, -0.05) is 78.5 Å². The first-order valence-electron chi connectivity index (χ1n) is 15.1. The number of carbonyl (C=O) groups excluding carboxylic acids is 2. The van der Waals surface area contributed by atoms with Crippen LogP contribution in [0.1, 0.15) is 38.2 Å². The summed E-state index contributed by atoms with van der Waals surface area (Å²) >= 11 is 12.6. The van der Waals surface area contributed by atoms with Gasteiger partial charge in [0.05, 0.1) is 10.6 Å². The lowest BCUT2D eigenvalue weighted by molar-refractivity contribution is -0.139. The first-order valence-corrected chi connectivity index (χ1v) is 17.3. The molecule has 0 saturated heterocycles. The van der Waals surface area contributed by atoms with Crippen molar-refractivity contribution in [1.82, 2.24) is 10.2 Å². The largest absolute Gasteiger partial charge is 0.457 e. The van der Waals surface area contributed by atoms with Crippen molar-refractivity contribution in [3.8, 4) is 11.5 Å². The predicted molar refractivity (Wildman–Crippen MR) is 181 cm³/mol. The Morgan fingerprint density at radius 3 is 2.11 bits per heavy atom. The molecule has 4 aromatic rings. The van der Waals surface area contributed by atoms with Crippen LogP contribution in [-0.2, 0) is 26.2 Å². The van der Waals surface area contributed by atoms with Gasteiger partial charge in [-0.25, -0.2) is 8.42 Å². The third-order valence-electron chi connectivity index (χ3n) is 7.94. The van der Waals surface area contributed by atoms with Crippen LogP contribution in [0.15, 0.2) is 108 Å². The molecule has 1 saturated carbocycles. The van der Waals surface area contributed by atoms with E-state index in [2.05, 4.69) is 5.32 Å². The minimum atomic E-state index is -4.20. The van der Waals surface area contributed by atoms with E-state index in [0.717, 1.165) is 30.0 Å². The quantitative estimate of drug-likeness (QED) is 0.168. The highest BCUT2D eigenvalue weighted by atomic mass is 35.5. The molecular formula is C35H35Cl2N3O5S. The van der Waals surface area contributed by atoms with Crippen LogP contribution in [-0.4, -0.2) is 43.8 Å². The van der Waals surface area contributed by atoms with Crippen LogP contribution in [0, 0.1) is 0 Å². The summed E-state index contributed by atoms with van der Waals surface area (Å²) in [4.78, 5) is 29.0. The molecule has 1 N–H and O–H groups in total. The van der Waals surface area contributed by atoms with Gasteiger partial charge in [0, 0.05) is 22.6 Å². The highest BCUT2D eigenvalue weighted by Gasteiger charge is 2.33. The molecule has 2 amide bonds. The molecule has 0 heterocycles. The van der Waals surface area contributed by atoms with E-state index in [-0.39, 0.29) is 29.1 Å². The molecule has 1 aliphatic rings. The van der Waals surface area contributed by atoms with E-state index in [4.69, 9.17) is 27.9 Å². The summed E-state index contributed by atoms with van der Waals surface area (Å²) in [5.74, 6) is 0.226. The van der Waals surface area contributed by atoms with Crippen molar-refractivity contribution in [2.45, 2.75) is 56.1 Å². The number of amides is 2. The number of nitrogens with one attached hydrogen (secondary N) is 1. The van der Waals surface area contributed by atoms with Crippen LogP contribution < -0.4 is 14.4 Å². The number of anilines is 1. The van der Waals surface area contributed by atoms with Gasteiger partial charge in [-0.3, -0.25) is 13.9 Å². The molecule has 0 radical (unpaired) electrons. The lowest BCUT2D eigenvalue weighted by Crippen LogP contribution is -2.52. The SMILES string of the molecule is C[C@H](C(=O)NC1CCCC1)N(Cc1ccc(Cl)cc1Cl)C(=O)CN(c1ccc(Oc2ccccc2)cc1)S(=O)(=O)c1ccccc1. The van der Waals surface area contributed by atoms with Crippen molar-refractivity contribution in [2.24, 2.45) is 0 Å². The normalized spacial score (nSPS) is 14.0. The maximum atomic E-state index is 14.2. The van der Waals surface area contributed by atoms with Crippen LogP contribution in [0.25, 0.3) is 0 Å². The molecule has 0 unspecified atom stereocenters. The molecule has 11 heteroatoms. The zero-order valence-electron chi connectivity index (χ0n) is 25.3. The number of sulfonamides is 1. The Morgan fingerprint density at radius 2 is 1.48 bits per heavy atom. The number of rotatable bonds is 12. The van der Waals surface area contributed by atoms with Crippen molar-refractivity contribution < 1.29 is 22.7 Å². The lowest BCUT2D eigenvalue weighted by atomic mass is 10.1. The van der Waals surface area contributed by atoms with Crippen molar-refractivity contribution in [3.05, 3.63) is 119 Å². The molecule has 0 bridgehead atoms. The van der Waals surface area contributed by atoms with Crippen molar-refractivity contribution in [2.75, 3.05) is 10.8 Å². The maximum absolute atomic E-state index is 14.2. The minimum Gasteiger partial charge on any atom is -0.457 e. The maximum Gasteiger partial charge on any atom is 0.264 e. The number of nitrogens with zero attached hydrogens (tertiary/aromatic N) is 2. The number of hydrogen-bond acceptors (Lipinski definition) is 5. The monoisotopic (exact) mass is 679 g/mol. The summed E-state index contributed by atoms with van der Waals surface area (Å²) in [6.07, 6.45) is 3.82. The van der Waals surface area contributed by atoms with Crippen LogP contribution in [0.5, 0.6) is 11.5 Å². The lowest BCUT2D eigenvalue weighted by Gasteiger charge is -2.32. The van der Waals surface area contributed by atoms with Gasteiger partial charge in [-0.05, 0) is 86.0 Å². The van der Waals surface area contributed by atoms with Gasteiger partial charge in [-0.15, -0.1) is 0 Å². The topological polar surface area (TPSA) is 96.0 Å². The van der Waals surface area contributed by atoms with Crippen molar-refractivity contribution >= 4 is 50.7 Å². The van der Waals surface area contributed by atoms with Crippen molar-refractivity contribution in [3.63, 3.8) is 0 Å². The number of ether oxygens (including phenoxy) is 1. The smallest absolute Gasteiger partial charge is 0.264 e. The summed E-state index contributed by atoms with van der Waals surface area (Å²) in [5.41, 5.74) is 0.824. The molecule has 4 aromatic carbocycles. The molecule has 1 aliphatic carbocycles. The number of para-hydroxylation sites is 1. The summed E-state index contributed by atoms with van der Waals surface area (Å²) in [5, 5.41) is 3.82. The Balaban J connectivity index is 1.47. The van der Waals surface area contributed by atoms with Crippen LogP contribution in [0.3, 0.4) is 0 Å². The van der Waals surface area contributed by atoms with E-state index in [9.17, 15) is 18.0 Å². The zero-order valence-corrected chi connectivity index (χ0v) is 27.6. The number of halogens is 2. The average molecular weight is 681 g/mol. The van der Waals surface area contributed by atoms with Gasteiger partial charge >= 0.3 is 0 Å². The third kappa shape index (κ3) is 8.20. The van der Waals surface area contributed by atoms with Crippen LogP contribution in [0.4, 0.5) is 5.69 Å². The number of hydrogen-bond donors (Lipinski definition) is 1. The van der Waals surface area contributed by atoms with E-state index in [0.29, 0.717) is 27.1 Å². The van der Waals surface area contributed by atoms with Gasteiger partial charge in [-0.2, -0.15) is 0 Å². The predicted octanol–water partition coefficient (Wildman–Crippen LogP) is 7.46. The van der Waals surface area contributed by atoms with Crippen LogP contribution in [0.2, 0.25) is 10.0 Å². The van der Waals surface area contributed by atoms with E-state index < -0.39 is 28.5 Å². The Bertz CT molecular complexity index is 1750. The molecule has 0 spiro atoms. The number of carbonyl (C=O) groups is 2. The standard InChI is InChI=1S/C35H35Cl2N3O5S/c1-25(35(42)38-28-10-8-9-11-28)39(23-26-16-17-27(36)22-33(26)37)34(41)24-40(46(43,44)32-14-6-3-7-15-32)29-18-20-31(21-19-29)45-30-12-4-2-5-13-30/h2-7,12-22,25,28H,8-11,23-24H2,1H3,(H,38,42)/t25-/m1/s1. The summed E-state index contributed by atoms with van der Waals surface area (Å²) in [6, 6.07) is 27.6. The van der Waals surface area contributed by atoms with Gasteiger partial charge in [0.15, 0.2) is 0 Å². The van der Waals surface area contributed by atoms with Gasteiger partial charge in [0.2, 0.25) is 11.8 Å². The van der Waals surface area contributed by atoms with E-state index >= 15 is 0 Å². The first-order chi connectivity index (χ1) is 22.1. The van der Waals surface area contributed by atoms with Gasteiger partial charge in [0.1, 0.15) is 24.1 Å². The molecule has 0 aromatic heterocycles. The average Bonchev–Trinajstić information content (AvgIpc) is 3.57. The van der Waals surface area contributed by atoms with E-state index in [1.165, 1.54) is 17.0 Å². The molecule has 1 atom stereocenters. The number of benzene rings is 4. The molecule has 5 rings (SSSR count). The molecule has 0 aliphatic heterocycles. The highest BCUT2D eigenvalue weighted by molar-refractivity contribution is 7.92. The van der Waals surface area contributed by atoms with E-state index in [1.54, 1.807) is 67.6 Å². The zero-order chi connectivity index (χ0) is 32.7. The van der Waals surface area contributed by atoms with Crippen molar-refractivity contribution in [1.29, 1.82) is 0 Å². The molecule has 8 nitrogen and oxygen atoms in total. The summed E-state index contributed by atoms with van der Waals surface area (Å²) in [6.45, 7) is 1.04. The molecule has 1 fully saturated rings. The fourth-order valence-corrected chi connectivity index (χ4v) is 7.26. The van der Waals surface area contributed by atoms with E-state index in [1.807, 2.05) is 30.3 Å². The highest BCUT2D eigenvalue weighted by Crippen LogP contribution is 2.29. The van der Waals surface area contributed by atoms with Crippen LogP contribution >= 0.6 is 23.2 Å². The Hall–Kier alpha value is -4.05. The molecule has 240 valence electrons.